The molecule has 27 heavy (non-hydrogen) atoms. The van der Waals surface area contributed by atoms with Crippen LogP contribution in [0.15, 0.2) is 36.5 Å². The summed E-state index contributed by atoms with van der Waals surface area (Å²) in [4.78, 5) is 20.3. The quantitative estimate of drug-likeness (QED) is 0.894. The van der Waals surface area contributed by atoms with Crippen LogP contribution in [-0.2, 0) is 4.79 Å². The summed E-state index contributed by atoms with van der Waals surface area (Å²) in [6.07, 6.45) is 2.49. The molecule has 2 aromatic rings. The summed E-state index contributed by atoms with van der Waals surface area (Å²) < 4.78 is 27.0. The number of hydrogen-bond acceptors (Lipinski definition) is 4. The molecule has 2 saturated heterocycles. The van der Waals surface area contributed by atoms with E-state index in [0.717, 1.165) is 36.1 Å². The Bertz CT molecular complexity index is 844. The molecule has 0 spiro atoms. The molecule has 2 atom stereocenters. The monoisotopic (exact) mass is 374 g/mol. The molecule has 0 radical (unpaired) electrons. The molecule has 2 aliphatic rings. The van der Waals surface area contributed by atoms with Crippen molar-refractivity contribution in [1.29, 1.82) is 0 Å². The average Bonchev–Trinajstić information content (AvgIpc) is 3.17. The molecule has 144 valence electrons. The number of halogens is 2. The van der Waals surface area contributed by atoms with Crippen LogP contribution in [0.3, 0.4) is 0 Å². The van der Waals surface area contributed by atoms with Crippen molar-refractivity contribution in [3.63, 3.8) is 0 Å². The van der Waals surface area contributed by atoms with Gasteiger partial charge in [-0.3, -0.25) is 14.7 Å². The lowest BCUT2D eigenvalue weighted by molar-refractivity contribution is -0.134. The number of hydrogen-bond donors (Lipinski definition) is 1. The Morgan fingerprint density at radius 3 is 2.96 bits per heavy atom. The minimum Gasteiger partial charge on any atom is -0.380 e. The van der Waals surface area contributed by atoms with Gasteiger partial charge in [0.1, 0.15) is 0 Å². The van der Waals surface area contributed by atoms with Gasteiger partial charge in [0.05, 0.1) is 30.5 Å². The number of pyridine rings is 1. The zero-order valence-corrected chi connectivity index (χ0v) is 15.4. The number of carbonyl (C=O) groups excluding carboxylic acids is 1. The number of likely N-dealkylation sites (tertiary alicyclic amines) is 2. The summed E-state index contributed by atoms with van der Waals surface area (Å²) in [6, 6.07) is 9.85. The lowest BCUT2D eigenvalue weighted by atomic mass is 10.2. The highest BCUT2D eigenvalue weighted by atomic mass is 19.3. The van der Waals surface area contributed by atoms with Gasteiger partial charge in [-0.2, -0.15) is 0 Å². The van der Waals surface area contributed by atoms with Gasteiger partial charge in [0.2, 0.25) is 5.91 Å². The molecule has 0 bridgehead atoms. The standard InChI is InChI=1S/C20H24F2N4O/c1-14-9-20(21,22)13-26(14)19(27)12-25-7-6-16(11-25)24-17-8-15-4-2-3-5-18(15)23-10-17/h2-5,8,10,14,16,24H,6-7,9,11-13H2,1H3/t14-,16+/m1/s1. The van der Waals surface area contributed by atoms with Gasteiger partial charge in [0.25, 0.3) is 5.92 Å². The molecule has 7 heteroatoms. The topological polar surface area (TPSA) is 48.5 Å². The molecule has 0 unspecified atom stereocenters. The number of amides is 1. The fourth-order valence-electron chi connectivity index (χ4n) is 4.11. The molecule has 2 fully saturated rings. The van der Waals surface area contributed by atoms with Gasteiger partial charge < -0.3 is 10.2 Å². The normalized spacial score (nSPS) is 25.2. The molecule has 4 rings (SSSR count). The molecule has 1 N–H and O–H groups in total. The van der Waals surface area contributed by atoms with E-state index in [1.54, 1.807) is 6.92 Å². The smallest absolute Gasteiger partial charge is 0.267 e. The van der Waals surface area contributed by atoms with Crippen LogP contribution in [0, 0.1) is 0 Å². The minimum atomic E-state index is -2.76. The van der Waals surface area contributed by atoms with E-state index in [1.165, 1.54) is 4.90 Å². The van der Waals surface area contributed by atoms with E-state index in [-0.39, 0.29) is 24.9 Å². The Balaban J connectivity index is 1.32. The van der Waals surface area contributed by atoms with E-state index in [9.17, 15) is 13.6 Å². The van der Waals surface area contributed by atoms with Crippen LogP contribution >= 0.6 is 0 Å². The first-order valence-electron chi connectivity index (χ1n) is 9.41. The van der Waals surface area contributed by atoms with Crippen LogP contribution in [-0.4, -0.2) is 64.9 Å². The van der Waals surface area contributed by atoms with E-state index in [0.29, 0.717) is 0 Å². The first kappa shape index (κ1) is 18.1. The summed E-state index contributed by atoms with van der Waals surface area (Å²) in [5.74, 6) is -2.96. The fourth-order valence-corrected chi connectivity index (χ4v) is 4.11. The second-order valence-electron chi connectivity index (χ2n) is 7.71. The van der Waals surface area contributed by atoms with E-state index in [2.05, 4.69) is 16.4 Å². The summed E-state index contributed by atoms with van der Waals surface area (Å²) in [5.41, 5.74) is 1.91. The maximum Gasteiger partial charge on any atom is 0.267 e. The molecule has 1 amide bonds. The zero-order chi connectivity index (χ0) is 19.0. The highest BCUT2D eigenvalue weighted by Crippen LogP contribution is 2.32. The number of benzene rings is 1. The number of nitrogens with one attached hydrogen (secondary N) is 1. The molecule has 3 heterocycles. The molecule has 1 aromatic heterocycles. The van der Waals surface area contributed by atoms with Crippen molar-refractivity contribution in [2.75, 3.05) is 31.5 Å². The predicted molar refractivity (Wildman–Crippen MR) is 101 cm³/mol. The highest BCUT2D eigenvalue weighted by molar-refractivity contribution is 5.81. The molecule has 1 aromatic carbocycles. The van der Waals surface area contributed by atoms with Gasteiger partial charge in [-0.1, -0.05) is 18.2 Å². The van der Waals surface area contributed by atoms with Crippen molar-refractivity contribution in [2.45, 2.75) is 37.8 Å². The third-order valence-electron chi connectivity index (χ3n) is 5.44. The Kier molecular flexibility index (Phi) is 4.72. The lowest BCUT2D eigenvalue weighted by Gasteiger charge is -2.24. The number of rotatable bonds is 4. The Labute approximate surface area is 157 Å². The Morgan fingerprint density at radius 2 is 2.19 bits per heavy atom. The summed E-state index contributed by atoms with van der Waals surface area (Å²) in [6.45, 7) is 2.94. The fraction of sp³-hybridized carbons (Fsp3) is 0.500. The number of para-hydroxylation sites is 1. The van der Waals surface area contributed by atoms with Crippen LogP contribution in [0.5, 0.6) is 0 Å². The number of carbonyl (C=O) groups is 1. The lowest BCUT2D eigenvalue weighted by Crippen LogP contribution is -2.42. The average molecular weight is 374 g/mol. The molecule has 2 aliphatic heterocycles. The van der Waals surface area contributed by atoms with Crippen LogP contribution in [0.2, 0.25) is 0 Å². The zero-order valence-electron chi connectivity index (χ0n) is 15.4. The van der Waals surface area contributed by atoms with Crippen LogP contribution in [0.1, 0.15) is 19.8 Å². The van der Waals surface area contributed by atoms with Crippen LogP contribution < -0.4 is 5.32 Å². The molecule has 0 aliphatic carbocycles. The van der Waals surface area contributed by atoms with Crippen LogP contribution in [0.25, 0.3) is 10.9 Å². The summed E-state index contributed by atoms with van der Waals surface area (Å²) in [5, 5.41) is 4.56. The van der Waals surface area contributed by atoms with E-state index >= 15 is 0 Å². The number of nitrogens with zero attached hydrogens (tertiary/aromatic N) is 3. The second kappa shape index (κ2) is 7.03. The first-order valence-corrected chi connectivity index (χ1v) is 9.41. The predicted octanol–water partition coefficient (Wildman–Crippen LogP) is 2.98. The van der Waals surface area contributed by atoms with Gasteiger partial charge in [0.15, 0.2) is 0 Å². The van der Waals surface area contributed by atoms with Gasteiger partial charge in [-0.15, -0.1) is 0 Å². The highest BCUT2D eigenvalue weighted by Gasteiger charge is 2.45. The Morgan fingerprint density at radius 1 is 1.37 bits per heavy atom. The Hall–Kier alpha value is -2.28. The van der Waals surface area contributed by atoms with Crippen molar-refractivity contribution in [3.8, 4) is 0 Å². The largest absolute Gasteiger partial charge is 0.380 e. The van der Waals surface area contributed by atoms with E-state index in [1.807, 2.05) is 35.4 Å². The minimum absolute atomic E-state index is 0.201. The van der Waals surface area contributed by atoms with Crippen molar-refractivity contribution in [2.24, 2.45) is 0 Å². The number of aromatic nitrogens is 1. The number of anilines is 1. The van der Waals surface area contributed by atoms with E-state index < -0.39 is 18.5 Å². The summed E-state index contributed by atoms with van der Waals surface area (Å²) in [7, 11) is 0. The molecular weight excluding hydrogens is 350 g/mol. The summed E-state index contributed by atoms with van der Waals surface area (Å²) >= 11 is 0. The van der Waals surface area contributed by atoms with Gasteiger partial charge in [-0.25, -0.2) is 8.78 Å². The van der Waals surface area contributed by atoms with Gasteiger partial charge in [-0.05, 0) is 25.5 Å². The molecule has 5 nitrogen and oxygen atoms in total. The van der Waals surface area contributed by atoms with Crippen molar-refractivity contribution in [3.05, 3.63) is 36.5 Å². The third-order valence-corrected chi connectivity index (χ3v) is 5.44. The van der Waals surface area contributed by atoms with Gasteiger partial charge >= 0.3 is 0 Å². The first-order chi connectivity index (χ1) is 12.9. The van der Waals surface area contributed by atoms with Crippen molar-refractivity contribution >= 4 is 22.5 Å². The second-order valence-corrected chi connectivity index (χ2v) is 7.71. The maximum atomic E-state index is 13.5. The SMILES string of the molecule is C[C@@H]1CC(F)(F)CN1C(=O)CN1CC[C@H](Nc2cnc3ccccc3c2)C1. The number of alkyl halides is 2. The maximum absolute atomic E-state index is 13.5. The van der Waals surface area contributed by atoms with Crippen LogP contribution in [0.4, 0.5) is 14.5 Å². The van der Waals surface area contributed by atoms with Crippen molar-refractivity contribution in [1.82, 2.24) is 14.8 Å². The van der Waals surface area contributed by atoms with Gasteiger partial charge in [0, 0.05) is 37.0 Å². The van der Waals surface area contributed by atoms with Crippen molar-refractivity contribution < 1.29 is 13.6 Å². The third kappa shape index (κ3) is 4.03. The molecular formula is C20H24F2N4O. The number of fused-ring (bicyclic) bond motifs is 1. The molecule has 0 saturated carbocycles. The van der Waals surface area contributed by atoms with E-state index in [4.69, 9.17) is 0 Å².